The van der Waals surface area contributed by atoms with Crippen molar-refractivity contribution in [3.63, 3.8) is 0 Å². The third-order valence-corrected chi connectivity index (χ3v) is 2.96. The molecule has 0 fully saturated rings. The van der Waals surface area contributed by atoms with E-state index < -0.39 is 0 Å². The van der Waals surface area contributed by atoms with E-state index in [1.54, 1.807) is 12.5 Å². The Morgan fingerprint density at radius 2 is 1.94 bits per heavy atom. The van der Waals surface area contributed by atoms with Gasteiger partial charge in [0.2, 0.25) is 0 Å². The molecule has 0 amide bonds. The van der Waals surface area contributed by atoms with Gasteiger partial charge >= 0.3 is 0 Å². The summed E-state index contributed by atoms with van der Waals surface area (Å²) in [6.45, 7) is 5.17. The molecule has 1 aromatic carbocycles. The standard InChI is InChI=1S/C14H18N2O/c1-11(2)13-5-3-12(4-6-13)8-16-10-15-7-14(16)9-17/h3-7,10-11,17H,8-9H2,1-2H3. The Morgan fingerprint density at radius 1 is 1.24 bits per heavy atom. The summed E-state index contributed by atoms with van der Waals surface area (Å²) in [6, 6.07) is 8.60. The number of nitrogens with zero attached hydrogens (tertiary/aromatic N) is 2. The number of imidazole rings is 1. The third-order valence-electron chi connectivity index (χ3n) is 2.96. The number of rotatable bonds is 4. The van der Waals surface area contributed by atoms with Crippen LogP contribution in [0.2, 0.25) is 0 Å². The highest BCUT2D eigenvalue weighted by molar-refractivity contribution is 5.25. The van der Waals surface area contributed by atoms with Crippen LogP contribution in [0.15, 0.2) is 36.8 Å². The van der Waals surface area contributed by atoms with Crippen molar-refractivity contribution in [2.24, 2.45) is 0 Å². The van der Waals surface area contributed by atoms with Gasteiger partial charge in [-0.05, 0) is 17.0 Å². The molecule has 3 heteroatoms. The van der Waals surface area contributed by atoms with Crippen molar-refractivity contribution in [2.45, 2.75) is 32.9 Å². The molecule has 0 saturated carbocycles. The Balaban J connectivity index is 2.14. The predicted octanol–water partition coefficient (Wildman–Crippen LogP) is 2.55. The zero-order chi connectivity index (χ0) is 12.3. The van der Waals surface area contributed by atoms with Crippen molar-refractivity contribution >= 4 is 0 Å². The van der Waals surface area contributed by atoms with E-state index in [0.29, 0.717) is 5.92 Å². The smallest absolute Gasteiger partial charge is 0.0952 e. The lowest BCUT2D eigenvalue weighted by Crippen LogP contribution is -2.03. The summed E-state index contributed by atoms with van der Waals surface area (Å²) in [5.74, 6) is 0.560. The van der Waals surface area contributed by atoms with Crippen LogP contribution in [-0.4, -0.2) is 14.7 Å². The lowest BCUT2D eigenvalue weighted by atomic mass is 10.0. The van der Waals surface area contributed by atoms with Gasteiger partial charge in [-0.25, -0.2) is 4.98 Å². The molecule has 1 aromatic heterocycles. The fourth-order valence-corrected chi connectivity index (χ4v) is 1.83. The van der Waals surface area contributed by atoms with E-state index in [1.165, 1.54) is 11.1 Å². The number of benzene rings is 1. The molecule has 3 nitrogen and oxygen atoms in total. The summed E-state index contributed by atoms with van der Waals surface area (Å²) < 4.78 is 1.96. The fourth-order valence-electron chi connectivity index (χ4n) is 1.83. The van der Waals surface area contributed by atoms with Gasteiger partial charge in [-0.15, -0.1) is 0 Å². The van der Waals surface area contributed by atoms with Gasteiger partial charge in [-0.1, -0.05) is 38.1 Å². The second-order valence-corrected chi connectivity index (χ2v) is 4.57. The van der Waals surface area contributed by atoms with Crippen molar-refractivity contribution < 1.29 is 5.11 Å². The Morgan fingerprint density at radius 3 is 2.53 bits per heavy atom. The van der Waals surface area contributed by atoms with Crippen LogP contribution in [-0.2, 0) is 13.2 Å². The maximum absolute atomic E-state index is 9.14. The Kier molecular flexibility index (Phi) is 3.59. The van der Waals surface area contributed by atoms with Gasteiger partial charge in [0.15, 0.2) is 0 Å². The van der Waals surface area contributed by atoms with Gasteiger partial charge in [0.1, 0.15) is 0 Å². The molecule has 0 aliphatic carbocycles. The quantitative estimate of drug-likeness (QED) is 0.876. The number of aromatic nitrogens is 2. The summed E-state index contributed by atoms with van der Waals surface area (Å²) in [7, 11) is 0. The molecule has 0 atom stereocenters. The van der Waals surface area contributed by atoms with Crippen LogP contribution < -0.4 is 0 Å². The van der Waals surface area contributed by atoms with Crippen LogP contribution in [0, 0.1) is 0 Å². The second kappa shape index (κ2) is 5.15. The van der Waals surface area contributed by atoms with Gasteiger partial charge in [0, 0.05) is 6.54 Å². The molecule has 0 aliphatic rings. The first-order valence-corrected chi connectivity index (χ1v) is 5.89. The second-order valence-electron chi connectivity index (χ2n) is 4.57. The molecule has 1 N–H and O–H groups in total. The summed E-state index contributed by atoms with van der Waals surface area (Å²) in [5, 5.41) is 9.14. The molecule has 0 aliphatic heterocycles. The van der Waals surface area contributed by atoms with E-state index in [2.05, 4.69) is 43.1 Å². The number of aliphatic hydroxyl groups excluding tert-OH is 1. The Bertz CT molecular complexity index is 471. The summed E-state index contributed by atoms with van der Waals surface area (Å²) in [6.07, 6.45) is 3.45. The first-order valence-electron chi connectivity index (χ1n) is 5.89. The molecule has 2 aromatic rings. The van der Waals surface area contributed by atoms with Gasteiger partial charge in [0.25, 0.3) is 0 Å². The van der Waals surface area contributed by atoms with Gasteiger partial charge in [0.05, 0.1) is 24.8 Å². The fraction of sp³-hybridized carbons (Fsp3) is 0.357. The molecule has 0 spiro atoms. The van der Waals surface area contributed by atoms with Crippen molar-refractivity contribution in [2.75, 3.05) is 0 Å². The van der Waals surface area contributed by atoms with Crippen LogP contribution in [0.1, 0.15) is 36.6 Å². The first kappa shape index (κ1) is 11.9. The molecule has 90 valence electrons. The van der Waals surface area contributed by atoms with E-state index >= 15 is 0 Å². The van der Waals surface area contributed by atoms with Gasteiger partial charge in [-0.3, -0.25) is 0 Å². The molecule has 0 saturated heterocycles. The largest absolute Gasteiger partial charge is 0.390 e. The minimum absolute atomic E-state index is 0.0318. The number of aliphatic hydroxyl groups is 1. The Labute approximate surface area is 102 Å². The minimum Gasteiger partial charge on any atom is -0.390 e. The summed E-state index contributed by atoms with van der Waals surface area (Å²) in [4.78, 5) is 4.04. The lowest BCUT2D eigenvalue weighted by molar-refractivity contribution is 0.271. The molecule has 0 radical (unpaired) electrons. The van der Waals surface area contributed by atoms with Crippen LogP contribution in [0.3, 0.4) is 0 Å². The zero-order valence-corrected chi connectivity index (χ0v) is 10.3. The maximum Gasteiger partial charge on any atom is 0.0952 e. The van der Waals surface area contributed by atoms with Crippen molar-refractivity contribution in [3.8, 4) is 0 Å². The van der Waals surface area contributed by atoms with E-state index in [0.717, 1.165) is 12.2 Å². The highest BCUT2D eigenvalue weighted by atomic mass is 16.3. The number of hydrogen-bond donors (Lipinski definition) is 1. The average molecular weight is 230 g/mol. The molecule has 2 rings (SSSR count). The van der Waals surface area contributed by atoms with E-state index in [-0.39, 0.29) is 6.61 Å². The topological polar surface area (TPSA) is 38.0 Å². The SMILES string of the molecule is CC(C)c1ccc(Cn2cncc2CO)cc1. The van der Waals surface area contributed by atoms with Gasteiger partial charge < -0.3 is 9.67 Å². The highest BCUT2D eigenvalue weighted by Crippen LogP contribution is 2.15. The van der Waals surface area contributed by atoms with Crippen LogP contribution in [0.5, 0.6) is 0 Å². The molecule has 1 heterocycles. The minimum atomic E-state index is 0.0318. The van der Waals surface area contributed by atoms with Crippen LogP contribution in [0.4, 0.5) is 0 Å². The summed E-state index contributed by atoms with van der Waals surface area (Å²) >= 11 is 0. The van der Waals surface area contributed by atoms with E-state index in [1.807, 2.05) is 4.57 Å². The zero-order valence-electron chi connectivity index (χ0n) is 10.3. The highest BCUT2D eigenvalue weighted by Gasteiger charge is 2.02. The molecule has 0 bridgehead atoms. The van der Waals surface area contributed by atoms with Crippen LogP contribution in [0.25, 0.3) is 0 Å². The maximum atomic E-state index is 9.14. The van der Waals surface area contributed by atoms with E-state index in [9.17, 15) is 0 Å². The predicted molar refractivity (Wildman–Crippen MR) is 67.8 cm³/mol. The van der Waals surface area contributed by atoms with Crippen molar-refractivity contribution in [1.29, 1.82) is 0 Å². The van der Waals surface area contributed by atoms with Crippen LogP contribution >= 0.6 is 0 Å². The molecular formula is C14H18N2O. The summed E-state index contributed by atoms with van der Waals surface area (Å²) in [5.41, 5.74) is 3.42. The monoisotopic (exact) mass is 230 g/mol. The number of hydrogen-bond acceptors (Lipinski definition) is 2. The van der Waals surface area contributed by atoms with Crippen molar-refractivity contribution in [1.82, 2.24) is 9.55 Å². The average Bonchev–Trinajstić information content (AvgIpc) is 2.77. The normalized spacial score (nSPS) is 11.1. The Hall–Kier alpha value is -1.61. The van der Waals surface area contributed by atoms with E-state index in [4.69, 9.17) is 5.11 Å². The van der Waals surface area contributed by atoms with Gasteiger partial charge in [-0.2, -0.15) is 0 Å². The first-order chi connectivity index (χ1) is 8.20. The third kappa shape index (κ3) is 2.74. The molecular weight excluding hydrogens is 212 g/mol. The molecule has 17 heavy (non-hydrogen) atoms. The lowest BCUT2D eigenvalue weighted by Gasteiger charge is -2.09. The molecule has 0 unspecified atom stereocenters. The van der Waals surface area contributed by atoms with Crippen molar-refractivity contribution in [3.05, 3.63) is 53.6 Å².